The summed E-state index contributed by atoms with van der Waals surface area (Å²) >= 11 is 0. The number of amides is 1. The number of piperidine rings is 1. The number of Topliss-reactive ketones (excluding diaryl/α,β-unsaturated/α-hetero) is 2. The van der Waals surface area contributed by atoms with Crippen LogP contribution in [0.25, 0.3) is 11.3 Å². The van der Waals surface area contributed by atoms with Gasteiger partial charge in [-0.2, -0.15) is 5.26 Å². The van der Waals surface area contributed by atoms with Crippen molar-refractivity contribution < 1.29 is 14.4 Å². The Kier molecular flexibility index (Phi) is 5.68. The number of hydrogen-bond acceptors (Lipinski definition) is 5. The number of hydrogen-bond donors (Lipinski definition) is 0. The van der Waals surface area contributed by atoms with E-state index in [1.165, 1.54) is 0 Å². The first-order chi connectivity index (χ1) is 15.2. The molecule has 2 fully saturated rings. The molecule has 6 heteroatoms. The number of aryl methyl sites for hydroxylation is 2. The highest BCUT2D eigenvalue weighted by Gasteiger charge is 2.47. The molecule has 0 bridgehead atoms. The van der Waals surface area contributed by atoms with Crippen LogP contribution < -0.4 is 0 Å². The second kappa shape index (κ2) is 8.31. The van der Waals surface area contributed by atoms with Gasteiger partial charge >= 0.3 is 0 Å². The molecule has 1 aliphatic heterocycles. The van der Waals surface area contributed by atoms with Crippen LogP contribution in [0.1, 0.15) is 60.8 Å². The summed E-state index contributed by atoms with van der Waals surface area (Å²) in [5.74, 6) is -0.676. The summed E-state index contributed by atoms with van der Waals surface area (Å²) in [4.78, 5) is 44.4. The Bertz CT molecular complexity index is 1090. The molecule has 6 nitrogen and oxygen atoms in total. The van der Waals surface area contributed by atoms with Gasteiger partial charge in [-0.05, 0) is 73.1 Å². The Hall–Kier alpha value is -3.33. The Labute approximate surface area is 188 Å². The van der Waals surface area contributed by atoms with Gasteiger partial charge in [-0.25, -0.2) is 0 Å². The number of rotatable bonds is 2. The highest BCUT2D eigenvalue weighted by atomic mass is 16.2. The largest absolute Gasteiger partial charge is 0.343 e. The third-order valence-electron chi connectivity index (χ3n) is 7.08. The Morgan fingerprint density at radius 1 is 1.09 bits per heavy atom. The topological polar surface area (TPSA) is 91.1 Å². The van der Waals surface area contributed by atoms with Crippen molar-refractivity contribution in [1.29, 1.82) is 5.26 Å². The van der Waals surface area contributed by atoms with Crippen LogP contribution >= 0.6 is 0 Å². The fourth-order valence-corrected chi connectivity index (χ4v) is 5.37. The van der Waals surface area contributed by atoms with Gasteiger partial charge in [0.1, 0.15) is 23.6 Å². The van der Waals surface area contributed by atoms with Crippen LogP contribution in [-0.4, -0.2) is 40.4 Å². The monoisotopic (exact) mass is 429 g/mol. The third kappa shape index (κ3) is 3.95. The van der Waals surface area contributed by atoms with Crippen LogP contribution in [0.15, 0.2) is 30.5 Å². The minimum absolute atomic E-state index is 0.00651. The van der Waals surface area contributed by atoms with Crippen LogP contribution in [0.5, 0.6) is 0 Å². The summed E-state index contributed by atoms with van der Waals surface area (Å²) < 4.78 is 0. The van der Waals surface area contributed by atoms with Crippen LogP contribution in [-0.2, 0) is 14.4 Å². The smallest absolute Gasteiger partial charge is 0.219 e. The number of ketones is 2. The van der Waals surface area contributed by atoms with Crippen LogP contribution in [0.2, 0.25) is 0 Å². The molecule has 0 N–H and O–H groups in total. The zero-order chi connectivity index (χ0) is 23.0. The van der Waals surface area contributed by atoms with E-state index in [0.717, 1.165) is 27.9 Å². The lowest BCUT2D eigenvalue weighted by molar-refractivity contribution is -0.139. The molecule has 164 valence electrons. The van der Waals surface area contributed by atoms with Crippen molar-refractivity contribution >= 4 is 17.5 Å². The van der Waals surface area contributed by atoms with Gasteiger partial charge in [-0.3, -0.25) is 19.4 Å². The zero-order valence-electron chi connectivity index (χ0n) is 18.8. The summed E-state index contributed by atoms with van der Waals surface area (Å²) in [7, 11) is 0. The number of carbonyl (C=O) groups is 3. The molecule has 4 rings (SSSR count). The van der Waals surface area contributed by atoms with E-state index >= 15 is 0 Å². The van der Waals surface area contributed by atoms with Gasteiger partial charge < -0.3 is 4.90 Å². The SMILES string of the molecule is CC(=O)N1CCC2(CC1)CC(=O)C(c1c(C)cc(-c3ccc(C#N)cn3)cc1C)C(=O)C2. The second-order valence-electron chi connectivity index (χ2n) is 9.29. The number of likely N-dealkylation sites (tertiary alicyclic amines) is 1. The van der Waals surface area contributed by atoms with E-state index in [1.54, 1.807) is 30.2 Å². The average molecular weight is 430 g/mol. The minimum atomic E-state index is -0.713. The summed E-state index contributed by atoms with van der Waals surface area (Å²) in [5, 5.41) is 8.98. The van der Waals surface area contributed by atoms with Crippen molar-refractivity contribution in [2.45, 2.75) is 52.4 Å². The number of benzene rings is 1. The molecule has 2 aromatic rings. The second-order valence-corrected chi connectivity index (χ2v) is 9.29. The summed E-state index contributed by atoms with van der Waals surface area (Å²) in [6.07, 6.45) is 3.75. The van der Waals surface area contributed by atoms with Crippen molar-refractivity contribution in [3.63, 3.8) is 0 Å². The highest BCUT2D eigenvalue weighted by Crippen LogP contribution is 2.46. The van der Waals surface area contributed by atoms with Crippen molar-refractivity contribution in [2.24, 2.45) is 5.41 Å². The molecule has 32 heavy (non-hydrogen) atoms. The van der Waals surface area contributed by atoms with Gasteiger partial charge in [-0.1, -0.05) is 0 Å². The quantitative estimate of drug-likeness (QED) is 0.676. The van der Waals surface area contributed by atoms with E-state index in [0.29, 0.717) is 44.3 Å². The third-order valence-corrected chi connectivity index (χ3v) is 7.08. The molecular weight excluding hydrogens is 402 g/mol. The highest BCUT2D eigenvalue weighted by molar-refractivity contribution is 6.10. The maximum Gasteiger partial charge on any atom is 0.219 e. The first-order valence-electron chi connectivity index (χ1n) is 11.0. The molecule has 1 aliphatic carbocycles. The average Bonchev–Trinajstić information content (AvgIpc) is 2.75. The van der Waals surface area contributed by atoms with Crippen molar-refractivity contribution in [3.8, 4) is 17.3 Å². The normalized spacial score (nSPS) is 18.6. The Morgan fingerprint density at radius 3 is 2.16 bits per heavy atom. The standard InChI is InChI=1S/C26H27N3O3/c1-16-10-20(21-5-4-19(14-27)15-28-21)11-17(2)24(16)25-22(31)12-26(13-23(25)32)6-8-29(9-7-26)18(3)30/h4-5,10-11,15,25H,6-9,12-13H2,1-3H3. The lowest BCUT2D eigenvalue weighted by Gasteiger charge is -2.44. The summed E-state index contributed by atoms with van der Waals surface area (Å²) in [6.45, 7) is 6.67. The minimum Gasteiger partial charge on any atom is -0.343 e. The predicted octanol–water partition coefficient (Wildman–Crippen LogP) is 3.88. The molecule has 1 aromatic carbocycles. The van der Waals surface area contributed by atoms with Gasteiger partial charge in [0.15, 0.2) is 0 Å². The number of nitriles is 1. The molecule has 1 amide bonds. The van der Waals surface area contributed by atoms with Crippen molar-refractivity contribution in [3.05, 3.63) is 52.7 Å². The molecule has 1 saturated heterocycles. The fourth-order valence-electron chi connectivity index (χ4n) is 5.37. The first-order valence-corrected chi connectivity index (χ1v) is 11.0. The number of nitrogens with zero attached hydrogens (tertiary/aromatic N) is 3. The lowest BCUT2D eigenvalue weighted by Crippen LogP contribution is -2.48. The molecule has 1 spiro atoms. The van der Waals surface area contributed by atoms with E-state index in [2.05, 4.69) is 11.1 Å². The van der Waals surface area contributed by atoms with E-state index in [-0.39, 0.29) is 22.9 Å². The van der Waals surface area contributed by atoms with Gasteiger partial charge in [0.25, 0.3) is 0 Å². The molecule has 1 aromatic heterocycles. The molecular formula is C26H27N3O3. The molecule has 2 heterocycles. The van der Waals surface area contributed by atoms with E-state index < -0.39 is 5.92 Å². The maximum absolute atomic E-state index is 13.3. The lowest BCUT2D eigenvalue weighted by atomic mass is 9.62. The first kappa shape index (κ1) is 21.9. The van der Waals surface area contributed by atoms with Gasteiger partial charge in [-0.15, -0.1) is 0 Å². The van der Waals surface area contributed by atoms with E-state index in [9.17, 15) is 14.4 Å². The molecule has 0 unspecified atom stereocenters. The van der Waals surface area contributed by atoms with Gasteiger partial charge in [0.05, 0.1) is 11.3 Å². The van der Waals surface area contributed by atoms with Gasteiger partial charge in [0.2, 0.25) is 5.91 Å². The predicted molar refractivity (Wildman–Crippen MR) is 120 cm³/mol. The number of carbonyl (C=O) groups excluding carboxylic acids is 3. The fraction of sp³-hybridized carbons (Fsp3) is 0.423. The zero-order valence-corrected chi connectivity index (χ0v) is 18.8. The van der Waals surface area contributed by atoms with Crippen molar-refractivity contribution in [2.75, 3.05) is 13.1 Å². The van der Waals surface area contributed by atoms with Crippen LogP contribution in [0, 0.1) is 30.6 Å². The van der Waals surface area contributed by atoms with E-state index in [4.69, 9.17) is 5.26 Å². The Balaban J connectivity index is 1.59. The molecule has 1 saturated carbocycles. The van der Waals surface area contributed by atoms with Gasteiger partial charge in [0, 0.05) is 44.6 Å². The Morgan fingerprint density at radius 2 is 1.69 bits per heavy atom. The summed E-state index contributed by atoms with van der Waals surface area (Å²) in [5.41, 5.74) is 4.47. The van der Waals surface area contributed by atoms with Crippen molar-refractivity contribution in [1.82, 2.24) is 9.88 Å². The summed E-state index contributed by atoms with van der Waals surface area (Å²) in [6, 6.07) is 9.53. The number of pyridine rings is 1. The van der Waals surface area contributed by atoms with Crippen LogP contribution in [0.4, 0.5) is 0 Å². The molecule has 0 radical (unpaired) electrons. The van der Waals surface area contributed by atoms with Crippen LogP contribution in [0.3, 0.4) is 0 Å². The molecule has 0 atom stereocenters. The maximum atomic E-state index is 13.3. The number of aromatic nitrogens is 1. The van der Waals surface area contributed by atoms with E-state index in [1.807, 2.05) is 26.0 Å². The molecule has 2 aliphatic rings.